The summed E-state index contributed by atoms with van der Waals surface area (Å²) >= 11 is 1.52. The molecule has 0 saturated heterocycles. The molecule has 0 spiro atoms. The fourth-order valence-electron chi connectivity index (χ4n) is 2.85. The van der Waals surface area contributed by atoms with Crippen molar-refractivity contribution in [2.75, 3.05) is 4.90 Å². The predicted molar refractivity (Wildman–Crippen MR) is 104 cm³/mol. The summed E-state index contributed by atoms with van der Waals surface area (Å²) in [4.78, 5) is 20.0. The van der Waals surface area contributed by atoms with Crippen LogP contribution in [0.25, 0.3) is 6.08 Å². The molecule has 0 fully saturated rings. The molecule has 128 valence electrons. The van der Waals surface area contributed by atoms with E-state index in [-0.39, 0.29) is 5.91 Å². The van der Waals surface area contributed by atoms with Crippen LogP contribution in [0.5, 0.6) is 0 Å². The van der Waals surface area contributed by atoms with Crippen LogP contribution in [-0.2, 0) is 4.79 Å². The van der Waals surface area contributed by atoms with Crippen molar-refractivity contribution in [1.82, 2.24) is 0 Å². The number of thiophene rings is 1. The van der Waals surface area contributed by atoms with Gasteiger partial charge in [0.25, 0.3) is 5.91 Å². The van der Waals surface area contributed by atoms with Gasteiger partial charge in [0, 0.05) is 4.88 Å². The number of rotatable bonds is 3. The van der Waals surface area contributed by atoms with E-state index in [9.17, 15) is 9.18 Å². The number of benzene rings is 2. The number of carbonyl (C=O) groups excluding carboxylic acids is 1. The molecular formula is C21H15FN2OS. The SMILES string of the molecule is Cc1cccc(N2C(=O)/C(=C\c3cccs3)N=C2c2ccccc2F)c1. The normalized spacial score (nSPS) is 15.6. The predicted octanol–water partition coefficient (Wildman–Crippen LogP) is 5.03. The lowest BCUT2D eigenvalue weighted by atomic mass is 10.1. The van der Waals surface area contributed by atoms with E-state index in [1.165, 1.54) is 22.3 Å². The van der Waals surface area contributed by atoms with Gasteiger partial charge in [0.2, 0.25) is 0 Å². The van der Waals surface area contributed by atoms with E-state index in [2.05, 4.69) is 4.99 Å². The number of amidine groups is 1. The Labute approximate surface area is 154 Å². The van der Waals surface area contributed by atoms with Crippen LogP contribution in [-0.4, -0.2) is 11.7 Å². The number of anilines is 1. The molecule has 0 bridgehead atoms. The fourth-order valence-corrected chi connectivity index (χ4v) is 3.51. The summed E-state index contributed by atoms with van der Waals surface area (Å²) < 4.78 is 14.4. The highest BCUT2D eigenvalue weighted by molar-refractivity contribution is 7.10. The summed E-state index contributed by atoms with van der Waals surface area (Å²) in [6.07, 6.45) is 1.74. The van der Waals surface area contributed by atoms with E-state index in [0.717, 1.165) is 10.4 Å². The first-order valence-corrected chi connectivity index (χ1v) is 9.01. The molecule has 2 aromatic carbocycles. The second kappa shape index (κ2) is 6.69. The van der Waals surface area contributed by atoms with Gasteiger partial charge < -0.3 is 0 Å². The molecule has 0 aliphatic carbocycles. The fraction of sp³-hybridized carbons (Fsp3) is 0.0476. The molecule has 0 saturated carbocycles. The zero-order valence-corrected chi connectivity index (χ0v) is 14.8. The number of nitrogens with zero attached hydrogens (tertiary/aromatic N) is 2. The van der Waals surface area contributed by atoms with Gasteiger partial charge in [-0.3, -0.25) is 9.69 Å². The monoisotopic (exact) mass is 362 g/mol. The quantitative estimate of drug-likeness (QED) is 0.602. The molecule has 0 atom stereocenters. The number of aliphatic imine (C=N–C) groups is 1. The van der Waals surface area contributed by atoms with Crippen LogP contribution in [0.3, 0.4) is 0 Å². The van der Waals surface area contributed by atoms with Crippen molar-refractivity contribution in [3.8, 4) is 0 Å². The van der Waals surface area contributed by atoms with Crippen molar-refractivity contribution in [2.24, 2.45) is 4.99 Å². The largest absolute Gasteiger partial charge is 0.282 e. The first kappa shape index (κ1) is 16.4. The summed E-state index contributed by atoms with van der Waals surface area (Å²) in [5.41, 5.74) is 2.29. The average Bonchev–Trinajstić information content (AvgIpc) is 3.24. The lowest BCUT2D eigenvalue weighted by molar-refractivity contribution is -0.113. The van der Waals surface area contributed by atoms with Gasteiger partial charge in [-0.05, 0) is 54.3 Å². The van der Waals surface area contributed by atoms with Gasteiger partial charge in [0.1, 0.15) is 11.5 Å². The van der Waals surface area contributed by atoms with E-state index in [1.807, 2.05) is 48.7 Å². The first-order valence-electron chi connectivity index (χ1n) is 8.13. The Bertz CT molecular complexity index is 1040. The van der Waals surface area contributed by atoms with Gasteiger partial charge in [0.05, 0.1) is 11.3 Å². The van der Waals surface area contributed by atoms with Crippen LogP contribution in [0.1, 0.15) is 16.0 Å². The Balaban J connectivity index is 1.87. The highest BCUT2D eigenvalue weighted by atomic mass is 32.1. The van der Waals surface area contributed by atoms with E-state index in [1.54, 1.807) is 24.3 Å². The maximum atomic E-state index is 14.4. The Morgan fingerprint density at radius 2 is 1.92 bits per heavy atom. The molecule has 1 aromatic heterocycles. The van der Waals surface area contributed by atoms with E-state index >= 15 is 0 Å². The minimum Gasteiger partial charge on any atom is -0.266 e. The molecule has 5 heteroatoms. The van der Waals surface area contributed by atoms with Crippen molar-refractivity contribution in [3.63, 3.8) is 0 Å². The molecule has 2 heterocycles. The van der Waals surface area contributed by atoms with Crippen LogP contribution in [0.2, 0.25) is 0 Å². The molecule has 3 aromatic rings. The molecule has 3 nitrogen and oxygen atoms in total. The molecule has 0 N–H and O–H groups in total. The van der Waals surface area contributed by atoms with Gasteiger partial charge >= 0.3 is 0 Å². The Morgan fingerprint density at radius 1 is 1.08 bits per heavy atom. The first-order chi connectivity index (χ1) is 12.6. The Hall–Kier alpha value is -3.05. The van der Waals surface area contributed by atoms with E-state index < -0.39 is 5.82 Å². The highest BCUT2D eigenvalue weighted by Gasteiger charge is 2.33. The van der Waals surface area contributed by atoms with Crippen LogP contribution in [0.15, 0.2) is 76.7 Å². The van der Waals surface area contributed by atoms with Gasteiger partial charge in [0.15, 0.2) is 5.84 Å². The van der Waals surface area contributed by atoms with Crippen molar-refractivity contribution < 1.29 is 9.18 Å². The second-order valence-corrected chi connectivity index (χ2v) is 6.92. The molecule has 4 rings (SSSR count). The number of carbonyl (C=O) groups is 1. The lowest BCUT2D eigenvalue weighted by Crippen LogP contribution is -2.33. The Kier molecular flexibility index (Phi) is 4.22. The zero-order valence-electron chi connectivity index (χ0n) is 14.0. The van der Waals surface area contributed by atoms with Crippen LogP contribution in [0, 0.1) is 12.7 Å². The second-order valence-electron chi connectivity index (χ2n) is 5.94. The van der Waals surface area contributed by atoms with E-state index in [4.69, 9.17) is 0 Å². The Morgan fingerprint density at radius 3 is 2.65 bits per heavy atom. The molecule has 0 radical (unpaired) electrons. The number of hydrogen-bond donors (Lipinski definition) is 0. The van der Waals surface area contributed by atoms with Gasteiger partial charge in [-0.25, -0.2) is 9.38 Å². The molecule has 1 amide bonds. The molecule has 0 unspecified atom stereocenters. The third-order valence-corrected chi connectivity index (χ3v) is 4.88. The van der Waals surface area contributed by atoms with Crippen molar-refractivity contribution in [3.05, 3.63) is 93.6 Å². The van der Waals surface area contributed by atoms with Gasteiger partial charge in [-0.2, -0.15) is 0 Å². The zero-order chi connectivity index (χ0) is 18.1. The van der Waals surface area contributed by atoms with Gasteiger partial charge in [-0.1, -0.05) is 30.3 Å². The van der Waals surface area contributed by atoms with Crippen molar-refractivity contribution in [2.45, 2.75) is 6.92 Å². The minimum absolute atomic E-state index is 0.262. The molecule has 1 aliphatic rings. The third-order valence-electron chi connectivity index (χ3n) is 4.06. The van der Waals surface area contributed by atoms with Crippen LogP contribution < -0.4 is 4.90 Å². The maximum Gasteiger partial charge on any atom is 0.282 e. The van der Waals surface area contributed by atoms with Crippen LogP contribution >= 0.6 is 11.3 Å². The van der Waals surface area contributed by atoms with Gasteiger partial charge in [-0.15, -0.1) is 11.3 Å². The lowest BCUT2D eigenvalue weighted by Gasteiger charge is -2.19. The van der Waals surface area contributed by atoms with E-state index in [0.29, 0.717) is 22.8 Å². The summed E-state index contributed by atoms with van der Waals surface area (Å²) in [6, 6.07) is 17.7. The molecular weight excluding hydrogens is 347 g/mol. The molecule has 26 heavy (non-hydrogen) atoms. The summed E-state index contributed by atoms with van der Waals surface area (Å²) in [6.45, 7) is 1.95. The number of aryl methyl sites for hydroxylation is 1. The number of halogens is 1. The summed E-state index contributed by atoms with van der Waals surface area (Å²) in [5, 5.41) is 1.94. The summed E-state index contributed by atoms with van der Waals surface area (Å²) in [7, 11) is 0. The number of amides is 1. The molecule has 1 aliphatic heterocycles. The average molecular weight is 362 g/mol. The highest BCUT2D eigenvalue weighted by Crippen LogP contribution is 2.29. The smallest absolute Gasteiger partial charge is 0.266 e. The minimum atomic E-state index is -0.408. The summed E-state index contributed by atoms with van der Waals surface area (Å²) in [5.74, 6) is -0.363. The van der Waals surface area contributed by atoms with Crippen LogP contribution in [0.4, 0.5) is 10.1 Å². The van der Waals surface area contributed by atoms with Crippen molar-refractivity contribution >= 4 is 34.8 Å². The third kappa shape index (κ3) is 2.97. The maximum absolute atomic E-state index is 14.4. The number of hydrogen-bond acceptors (Lipinski definition) is 3. The van der Waals surface area contributed by atoms with Crippen molar-refractivity contribution in [1.29, 1.82) is 0 Å². The topological polar surface area (TPSA) is 32.7 Å². The standard InChI is InChI=1S/C21H15FN2OS/c1-14-6-4-7-15(12-14)24-20(17-9-2-3-10-18(17)22)23-19(21(24)25)13-16-8-5-11-26-16/h2-13H,1H3/b19-13+.